The van der Waals surface area contributed by atoms with Gasteiger partial charge in [0.25, 0.3) is 0 Å². The van der Waals surface area contributed by atoms with E-state index in [1.165, 1.54) is 0 Å². The first-order valence-corrected chi connectivity index (χ1v) is 5.55. The molecule has 0 spiro atoms. The fourth-order valence-corrected chi connectivity index (χ4v) is 2.00. The molecule has 0 radical (unpaired) electrons. The third-order valence-electron chi connectivity index (χ3n) is 3.38. The molecule has 1 aliphatic carbocycles. The molecule has 1 aromatic rings. The summed E-state index contributed by atoms with van der Waals surface area (Å²) >= 11 is 0. The van der Waals surface area contributed by atoms with Crippen molar-refractivity contribution in [2.24, 2.45) is 11.1 Å². The lowest BCUT2D eigenvalue weighted by Crippen LogP contribution is -2.22. The normalized spacial score (nSPS) is 18.0. The number of nitriles is 1. The van der Waals surface area contributed by atoms with Crippen molar-refractivity contribution >= 4 is 0 Å². The van der Waals surface area contributed by atoms with Crippen LogP contribution in [-0.4, -0.2) is 14.2 Å². The van der Waals surface area contributed by atoms with Gasteiger partial charge in [-0.05, 0) is 18.9 Å². The van der Waals surface area contributed by atoms with E-state index in [0.29, 0.717) is 5.75 Å². The molecule has 1 atom stereocenters. The number of hydrogen-bond acceptors (Lipinski definition) is 4. The standard InChI is InChI=1S/C13H16N2O2/c1-16-9-3-4-10(11(7-9)17-2)12(15)13(8-14)5-6-13/h3-4,7,12H,5-6,15H2,1-2H3. The maximum absolute atomic E-state index is 9.16. The first kappa shape index (κ1) is 11.7. The van der Waals surface area contributed by atoms with Crippen LogP contribution in [0.4, 0.5) is 0 Å². The number of rotatable bonds is 4. The highest BCUT2D eigenvalue weighted by Gasteiger charge is 2.49. The maximum atomic E-state index is 9.16. The van der Waals surface area contributed by atoms with Crippen LogP contribution >= 0.6 is 0 Å². The van der Waals surface area contributed by atoms with E-state index in [9.17, 15) is 0 Å². The van der Waals surface area contributed by atoms with Gasteiger partial charge in [-0.3, -0.25) is 0 Å². The van der Waals surface area contributed by atoms with Crippen LogP contribution in [0, 0.1) is 16.7 Å². The Hall–Kier alpha value is -1.73. The summed E-state index contributed by atoms with van der Waals surface area (Å²) in [6, 6.07) is 7.53. The van der Waals surface area contributed by atoms with E-state index in [4.69, 9.17) is 20.5 Å². The zero-order chi connectivity index (χ0) is 12.5. The molecule has 0 aromatic heterocycles. The zero-order valence-electron chi connectivity index (χ0n) is 10.1. The molecule has 17 heavy (non-hydrogen) atoms. The Bertz CT molecular complexity index is 461. The predicted molar refractivity (Wildman–Crippen MR) is 63.8 cm³/mol. The van der Waals surface area contributed by atoms with Gasteiger partial charge in [-0.1, -0.05) is 6.07 Å². The molecule has 90 valence electrons. The molecule has 0 aliphatic heterocycles. The van der Waals surface area contributed by atoms with E-state index in [1.54, 1.807) is 20.3 Å². The Morgan fingerprint density at radius 1 is 1.35 bits per heavy atom. The van der Waals surface area contributed by atoms with Crippen molar-refractivity contribution in [3.63, 3.8) is 0 Å². The molecular weight excluding hydrogens is 216 g/mol. The van der Waals surface area contributed by atoms with Gasteiger partial charge in [0.2, 0.25) is 0 Å². The summed E-state index contributed by atoms with van der Waals surface area (Å²) in [7, 11) is 3.20. The topological polar surface area (TPSA) is 68.3 Å². The minimum absolute atomic E-state index is 0.298. The van der Waals surface area contributed by atoms with Crippen LogP contribution in [0.3, 0.4) is 0 Å². The van der Waals surface area contributed by atoms with Crippen LogP contribution in [0.5, 0.6) is 11.5 Å². The Kier molecular flexibility index (Phi) is 2.95. The summed E-state index contributed by atoms with van der Waals surface area (Å²) in [6.45, 7) is 0. The van der Waals surface area contributed by atoms with E-state index in [1.807, 2.05) is 12.1 Å². The summed E-state index contributed by atoms with van der Waals surface area (Å²) < 4.78 is 10.4. The molecule has 0 saturated heterocycles. The van der Waals surface area contributed by atoms with Crippen LogP contribution in [0.25, 0.3) is 0 Å². The first-order valence-electron chi connectivity index (χ1n) is 5.55. The lowest BCUT2D eigenvalue weighted by molar-refractivity contribution is 0.382. The molecule has 0 bridgehead atoms. The minimum Gasteiger partial charge on any atom is -0.497 e. The molecule has 0 heterocycles. The Morgan fingerprint density at radius 3 is 2.53 bits per heavy atom. The molecule has 1 fully saturated rings. The fraction of sp³-hybridized carbons (Fsp3) is 0.462. The summed E-state index contributed by atoms with van der Waals surface area (Å²) in [4.78, 5) is 0. The average molecular weight is 232 g/mol. The maximum Gasteiger partial charge on any atom is 0.127 e. The van der Waals surface area contributed by atoms with Crippen molar-refractivity contribution in [1.29, 1.82) is 5.26 Å². The van der Waals surface area contributed by atoms with Gasteiger partial charge in [-0.15, -0.1) is 0 Å². The van der Waals surface area contributed by atoms with Crippen LogP contribution < -0.4 is 15.2 Å². The monoisotopic (exact) mass is 232 g/mol. The highest BCUT2D eigenvalue weighted by molar-refractivity contribution is 5.44. The summed E-state index contributed by atoms with van der Waals surface area (Å²) in [5, 5.41) is 9.16. The zero-order valence-corrected chi connectivity index (χ0v) is 10.1. The van der Waals surface area contributed by atoms with Crippen molar-refractivity contribution in [2.45, 2.75) is 18.9 Å². The van der Waals surface area contributed by atoms with Gasteiger partial charge in [0, 0.05) is 11.6 Å². The molecular formula is C13H16N2O2. The smallest absolute Gasteiger partial charge is 0.127 e. The third kappa shape index (κ3) is 1.94. The van der Waals surface area contributed by atoms with Crippen LogP contribution in [0.2, 0.25) is 0 Å². The molecule has 1 unspecified atom stereocenters. The van der Waals surface area contributed by atoms with Gasteiger partial charge in [0.1, 0.15) is 11.5 Å². The van der Waals surface area contributed by atoms with Gasteiger partial charge in [-0.2, -0.15) is 5.26 Å². The number of nitrogens with zero attached hydrogens (tertiary/aromatic N) is 1. The largest absolute Gasteiger partial charge is 0.497 e. The average Bonchev–Trinajstić information content (AvgIpc) is 3.18. The molecule has 2 rings (SSSR count). The first-order chi connectivity index (χ1) is 8.16. The third-order valence-corrected chi connectivity index (χ3v) is 3.38. The van der Waals surface area contributed by atoms with Crippen molar-refractivity contribution < 1.29 is 9.47 Å². The lowest BCUT2D eigenvalue weighted by Gasteiger charge is -2.20. The van der Waals surface area contributed by atoms with Crippen molar-refractivity contribution in [1.82, 2.24) is 0 Å². The van der Waals surface area contributed by atoms with Crippen molar-refractivity contribution in [3.8, 4) is 17.6 Å². The van der Waals surface area contributed by atoms with Gasteiger partial charge in [0.15, 0.2) is 0 Å². The molecule has 1 aliphatic rings. The SMILES string of the molecule is COc1ccc(C(N)C2(C#N)CC2)c(OC)c1. The van der Waals surface area contributed by atoms with E-state index in [-0.39, 0.29) is 6.04 Å². The van der Waals surface area contributed by atoms with Crippen molar-refractivity contribution in [2.75, 3.05) is 14.2 Å². The van der Waals surface area contributed by atoms with Gasteiger partial charge in [-0.25, -0.2) is 0 Å². The molecule has 1 saturated carbocycles. The molecule has 0 amide bonds. The molecule has 4 nitrogen and oxygen atoms in total. The minimum atomic E-state index is -0.401. The fourth-order valence-electron chi connectivity index (χ4n) is 2.00. The van der Waals surface area contributed by atoms with Crippen molar-refractivity contribution in [3.05, 3.63) is 23.8 Å². The number of ether oxygens (including phenoxy) is 2. The van der Waals surface area contributed by atoms with E-state index < -0.39 is 5.41 Å². The number of methoxy groups -OCH3 is 2. The number of hydrogen-bond donors (Lipinski definition) is 1. The highest BCUT2D eigenvalue weighted by Crippen LogP contribution is 2.54. The molecule has 2 N–H and O–H groups in total. The van der Waals surface area contributed by atoms with Crippen LogP contribution in [0.15, 0.2) is 18.2 Å². The van der Waals surface area contributed by atoms with Crippen LogP contribution in [-0.2, 0) is 0 Å². The Labute approximate surface area is 101 Å². The molecule has 1 aromatic carbocycles. The van der Waals surface area contributed by atoms with E-state index >= 15 is 0 Å². The molecule has 4 heteroatoms. The number of benzene rings is 1. The lowest BCUT2D eigenvalue weighted by atomic mass is 9.91. The summed E-state index contributed by atoms with van der Waals surface area (Å²) in [6.07, 6.45) is 1.72. The Balaban J connectivity index is 2.35. The second-order valence-electron chi connectivity index (χ2n) is 4.35. The highest BCUT2D eigenvalue weighted by atomic mass is 16.5. The van der Waals surface area contributed by atoms with Gasteiger partial charge < -0.3 is 15.2 Å². The predicted octanol–water partition coefficient (Wildman–Crippen LogP) is 2.01. The Morgan fingerprint density at radius 2 is 2.06 bits per heavy atom. The van der Waals surface area contributed by atoms with E-state index in [2.05, 4.69) is 6.07 Å². The summed E-state index contributed by atoms with van der Waals surface area (Å²) in [5.41, 5.74) is 6.64. The van der Waals surface area contributed by atoms with Gasteiger partial charge >= 0.3 is 0 Å². The second-order valence-corrected chi connectivity index (χ2v) is 4.35. The van der Waals surface area contributed by atoms with Crippen LogP contribution in [0.1, 0.15) is 24.4 Å². The summed E-state index contributed by atoms with van der Waals surface area (Å²) in [5.74, 6) is 1.40. The van der Waals surface area contributed by atoms with Gasteiger partial charge in [0.05, 0.1) is 31.7 Å². The van der Waals surface area contributed by atoms with E-state index in [0.717, 1.165) is 24.2 Å². The number of nitrogens with two attached hydrogens (primary N) is 1. The quantitative estimate of drug-likeness (QED) is 0.862. The second kappa shape index (κ2) is 4.27.